The van der Waals surface area contributed by atoms with Crippen LogP contribution in [0, 0.1) is 0 Å². The number of alkyl halides is 3. The normalized spacial score (nSPS) is 11.2. The highest BCUT2D eigenvalue weighted by molar-refractivity contribution is 8.22. The minimum absolute atomic E-state index is 0.168. The molecule has 0 aliphatic carbocycles. The maximum atomic E-state index is 14.0. The molecule has 3 aromatic carbocycles. The van der Waals surface area contributed by atoms with Crippen LogP contribution in [0.1, 0.15) is 5.56 Å². The molecule has 3 rings (SSSR count). The molecule has 132 valence electrons. The van der Waals surface area contributed by atoms with Crippen molar-refractivity contribution in [1.82, 2.24) is 0 Å². The van der Waals surface area contributed by atoms with Crippen LogP contribution in [0.2, 0.25) is 0 Å². The lowest BCUT2D eigenvalue weighted by molar-refractivity contribution is -0.0688. The highest BCUT2D eigenvalue weighted by Gasteiger charge is 2.38. The Bertz CT molecular complexity index is 815. The summed E-state index contributed by atoms with van der Waals surface area (Å²) in [7, 11) is 0. The molecule has 0 aliphatic rings. The van der Waals surface area contributed by atoms with E-state index >= 15 is 0 Å². The molecule has 0 radical (unpaired) electrons. The summed E-state index contributed by atoms with van der Waals surface area (Å²) in [5.41, 5.74) is -0.442. The van der Waals surface area contributed by atoms with Crippen molar-refractivity contribution in [3.05, 3.63) is 101 Å². The van der Waals surface area contributed by atoms with E-state index in [1.165, 1.54) is 12.1 Å². The fourth-order valence-electron chi connectivity index (χ4n) is 2.32. The summed E-state index contributed by atoms with van der Waals surface area (Å²) >= 11 is 2.27. The fraction of sp³-hybridized carbons (Fsp3) is 0.0476. The van der Waals surface area contributed by atoms with Crippen molar-refractivity contribution in [3.63, 3.8) is 0 Å². The van der Waals surface area contributed by atoms with Gasteiger partial charge >= 0.3 is 6.18 Å². The Balaban J connectivity index is 2.12. The zero-order valence-electron chi connectivity index (χ0n) is 13.6. The second-order valence-corrected chi connectivity index (χ2v) is 7.78. The summed E-state index contributed by atoms with van der Waals surface area (Å²) in [6.45, 7) is 0. The van der Waals surface area contributed by atoms with Crippen molar-refractivity contribution in [1.29, 1.82) is 0 Å². The van der Waals surface area contributed by atoms with E-state index in [0.717, 1.165) is 33.3 Å². The number of rotatable bonds is 5. The van der Waals surface area contributed by atoms with Crippen LogP contribution in [-0.4, -0.2) is 6.18 Å². The van der Waals surface area contributed by atoms with Gasteiger partial charge in [0.05, 0.1) is 9.81 Å². The Morgan fingerprint density at radius 3 is 1.35 bits per heavy atom. The van der Waals surface area contributed by atoms with Crippen molar-refractivity contribution < 1.29 is 13.2 Å². The highest BCUT2D eigenvalue weighted by Crippen LogP contribution is 2.48. The van der Waals surface area contributed by atoms with E-state index in [4.69, 9.17) is 0 Å². The molecule has 5 heteroatoms. The molecule has 0 saturated heterocycles. The first kappa shape index (κ1) is 18.7. The van der Waals surface area contributed by atoms with Crippen LogP contribution in [0.25, 0.3) is 5.57 Å². The summed E-state index contributed by atoms with van der Waals surface area (Å²) in [4.78, 5) is 1.53. The van der Waals surface area contributed by atoms with Gasteiger partial charge in [0.25, 0.3) is 0 Å². The molecule has 3 aromatic rings. The summed E-state index contributed by atoms with van der Waals surface area (Å²) in [5.74, 6) is 0. The molecule has 0 bridgehead atoms. The summed E-state index contributed by atoms with van der Waals surface area (Å²) < 4.78 is 42.1. The Hall–Kier alpha value is -2.11. The fourth-order valence-corrected chi connectivity index (χ4v) is 4.75. The molecule has 0 nitrogen and oxygen atoms in total. The van der Waals surface area contributed by atoms with Gasteiger partial charge in [-0.05, 0) is 29.8 Å². The van der Waals surface area contributed by atoms with E-state index in [9.17, 15) is 13.2 Å². The largest absolute Gasteiger partial charge is 0.418 e. The van der Waals surface area contributed by atoms with Gasteiger partial charge in [-0.25, -0.2) is 0 Å². The van der Waals surface area contributed by atoms with Gasteiger partial charge in [-0.2, -0.15) is 13.2 Å². The number of allylic oxidation sites excluding steroid dienone is 1. The molecule has 0 saturated carbocycles. The lowest BCUT2D eigenvalue weighted by Crippen LogP contribution is -2.12. The molecule has 0 aromatic heterocycles. The van der Waals surface area contributed by atoms with E-state index in [1.54, 1.807) is 18.2 Å². The van der Waals surface area contributed by atoms with Crippen molar-refractivity contribution in [2.24, 2.45) is 0 Å². The minimum atomic E-state index is -4.46. The number of thioether (sulfide) groups is 2. The van der Waals surface area contributed by atoms with Gasteiger partial charge in [0.1, 0.15) is 0 Å². The van der Waals surface area contributed by atoms with Gasteiger partial charge in [0.2, 0.25) is 0 Å². The van der Waals surface area contributed by atoms with E-state index in [-0.39, 0.29) is 9.80 Å². The third-order valence-electron chi connectivity index (χ3n) is 3.46. The van der Waals surface area contributed by atoms with Crippen molar-refractivity contribution in [2.75, 3.05) is 0 Å². The van der Waals surface area contributed by atoms with Crippen LogP contribution in [0.3, 0.4) is 0 Å². The highest BCUT2D eigenvalue weighted by atomic mass is 32.2. The van der Waals surface area contributed by atoms with Crippen molar-refractivity contribution in [3.8, 4) is 0 Å². The Kier molecular flexibility index (Phi) is 6.12. The number of hydrogen-bond donors (Lipinski definition) is 0. The quantitative estimate of drug-likeness (QED) is 0.415. The smallest absolute Gasteiger partial charge is 0.166 e. The second-order valence-electron chi connectivity index (χ2n) is 5.36. The van der Waals surface area contributed by atoms with E-state index in [0.29, 0.717) is 0 Å². The number of halogens is 3. The van der Waals surface area contributed by atoms with Crippen LogP contribution >= 0.6 is 23.5 Å². The van der Waals surface area contributed by atoms with Gasteiger partial charge in [-0.3, -0.25) is 0 Å². The maximum absolute atomic E-state index is 14.0. The van der Waals surface area contributed by atoms with Crippen LogP contribution in [0.15, 0.2) is 105 Å². The third-order valence-corrected chi connectivity index (χ3v) is 5.75. The topological polar surface area (TPSA) is 0 Å². The lowest BCUT2D eigenvalue weighted by Gasteiger charge is -2.18. The first-order valence-corrected chi connectivity index (χ1v) is 9.50. The maximum Gasteiger partial charge on any atom is 0.418 e. The predicted octanol–water partition coefficient (Wildman–Crippen LogP) is 7.50. The SMILES string of the molecule is FC(F)(F)C(=C(Sc1ccccc1)Sc1ccccc1)c1ccccc1. The molecule has 0 atom stereocenters. The summed E-state index contributed by atoms with van der Waals surface area (Å²) in [6, 6.07) is 26.2. The van der Waals surface area contributed by atoms with Crippen LogP contribution in [0.5, 0.6) is 0 Å². The third kappa shape index (κ3) is 4.96. The van der Waals surface area contributed by atoms with Gasteiger partial charge in [-0.1, -0.05) is 90.3 Å². The Morgan fingerprint density at radius 1 is 0.577 bits per heavy atom. The molecule has 0 N–H and O–H groups in total. The number of benzene rings is 3. The Morgan fingerprint density at radius 2 is 0.962 bits per heavy atom. The van der Waals surface area contributed by atoms with Gasteiger partial charge in [-0.15, -0.1) is 0 Å². The van der Waals surface area contributed by atoms with Gasteiger partial charge < -0.3 is 0 Å². The molecule has 0 aliphatic heterocycles. The van der Waals surface area contributed by atoms with Gasteiger partial charge in [0.15, 0.2) is 0 Å². The molecule has 0 fully saturated rings. The lowest BCUT2D eigenvalue weighted by atomic mass is 10.1. The first-order valence-electron chi connectivity index (χ1n) is 7.87. The molecule has 0 amide bonds. The average molecular weight is 388 g/mol. The molecule has 26 heavy (non-hydrogen) atoms. The van der Waals surface area contributed by atoms with Crippen LogP contribution < -0.4 is 0 Å². The summed E-state index contributed by atoms with van der Waals surface area (Å²) in [5, 5.41) is 0. The predicted molar refractivity (Wildman–Crippen MR) is 104 cm³/mol. The van der Waals surface area contributed by atoms with Crippen LogP contribution in [0.4, 0.5) is 13.2 Å². The van der Waals surface area contributed by atoms with E-state index < -0.39 is 11.7 Å². The van der Waals surface area contributed by atoms with Crippen molar-refractivity contribution >= 4 is 29.1 Å². The molecular weight excluding hydrogens is 373 g/mol. The zero-order chi connectivity index (χ0) is 18.4. The molecule has 0 spiro atoms. The van der Waals surface area contributed by atoms with E-state index in [2.05, 4.69) is 0 Å². The minimum Gasteiger partial charge on any atom is -0.166 e. The van der Waals surface area contributed by atoms with Crippen molar-refractivity contribution in [2.45, 2.75) is 16.0 Å². The van der Waals surface area contributed by atoms with Gasteiger partial charge in [0, 0.05) is 9.79 Å². The molecule has 0 heterocycles. The Labute approximate surface area is 159 Å². The molecule has 0 unspecified atom stereocenters. The van der Waals surface area contributed by atoms with Crippen LogP contribution in [-0.2, 0) is 0 Å². The monoisotopic (exact) mass is 388 g/mol. The zero-order valence-corrected chi connectivity index (χ0v) is 15.2. The standard InChI is InChI=1S/C21H15F3S2/c22-21(23,24)19(16-10-4-1-5-11-16)20(25-17-12-6-2-7-13-17)26-18-14-8-3-9-15-18/h1-15H. The van der Waals surface area contributed by atoms with E-state index in [1.807, 2.05) is 60.7 Å². The summed E-state index contributed by atoms with van der Waals surface area (Å²) in [6.07, 6.45) is -4.46. The molecular formula is C21H15F3S2. The first-order chi connectivity index (χ1) is 12.5. The average Bonchev–Trinajstić information content (AvgIpc) is 2.63. The second kappa shape index (κ2) is 8.52. The number of hydrogen-bond acceptors (Lipinski definition) is 2.